The van der Waals surface area contributed by atoms with E-state index in [4.69, 9.17) is 4.98 Å². The molecule has 188 valence electrons. The lowest BCUT2D eigenvalue weighted by molar-refractivity contribution is -0.112. The van der Waals surface area contributed by atoms with Crippen molar-refractivity contribution in [2.75, 3.05) is 10.2 Å². The van der Waals surface area contributed by atoms with Crippen molar-refractivity contribution in [2.24, 2.45) is 0 Å². The Morgan fingerprint density at radius 1 is 0.718 bits per heavy atom. The van der Waals surface area contributed by atoms with Crippen molar-refractivity contribution in [3.05, 3.63) is 126 Å². The Morgan fingerprint density at radius 2 is 1.38 bits per heavy atom. The van der Waals surface area contributed by atoms with E-state index >= 15 is 0 Å². The van der Waals surface area contributed by atoms with Gasteiger partial charge in [-0.1, -0.05) is 72.3 Å². The van der Waals surface area contributed by atoms with Crippen LogP contribution in [0, 0.1) is 13.8 Å². The Hall–Kier alpha value is -5.23. The fourth-order valence-corrected chi connectivity index (χ4v) is 5.54. The maximum absolute atomic E-state index is 13.9. The number of anilines is 2. The molecule has 4 aromatic carbocycles. The first kappa shape index (κ1) is 22.9. The summed E-state index contributed by atoms with van der Waals surface area (Å²) < 4.78 is 2.15. The highest BCUT2D eigenvalue weighted by atomic mass is 16.2. The van der Waals surface area contributed by atoms with Gasteiger partial charge in [0.15, 0.2) is 0 Å². The monoisotopic (exact) mass is 508 g/mol. The molecule has 1 N–H and O–H groups in total. The lowest BCUT2D eigenvalue weighted by Gasteiger charge is -2.28. The Bertz CT molecular complexity index is 2000. The minimum atomic E-state index is -0.370. The average Bonchev–Trinajstić information content (AvgIpc) is 3.29. The van der Waals surface area contributed by atoms with Gasteiger partial charge < -0.3 is 5.32 Å². The smallest absolute Gasteiger partial charge is 0.267 e. The summed E-state index contributed by atoms with van der Waals surface area (Å²) in [5.41, 5.74) is 6.91. The Kier molecular flexibility index (Phi) is 5.10. The number of hydrogen-bond donors (Lipinski definition) is 1. The molecule has 0 saturated carbocycles. The van der Waals surface area contributed by atoms with E-state index < -0.39 is 0 Å². The lowest BCUT2D eigenvalue weighted by atomic mass is 9.93. The van der Waals surface area contributed by atoms with E-state index in [9.17, 15) is 9.59 Å². The van der Waals surface area contributed by atoms with Crippen molar-refractivity contribution < 1.29 is 9.59 Å². The third kappa shape index (κ3) is 3.45. The van der Waals surface area contributed by atoms with Gasteiger partial charge in [-0.05, 0) is 44.2 Å². The van der Waals surface area contributed by atoms with Gasteiger partial charge in [-0.15, -0.1) is 0 Å². The summed E-state index contributed by atoms with van der Waals surface area (Å²) in [4.78, 5) is 33.5. The van der Waals surface area contributed by atoms with Crippen LogP contribution in [-0.4, -0.2) is 21.2 Å². The molecule has 2 amide bonds. The molecule has 1 aliphatic heterocycles. The third-order valence-corrected chi connectivity index (χ3v) is 7.38. The molecule has 0 atom stereocenters. The van der Waals surface area contributed by atoms with E-state index in [1.807, 2.05) is 74.5 Å². The number of nitrogens with zero attached hydrogens (tertiary/aromatic N) is 3. The van der Waals surface area contributed by atoms with Gasteiger partial charge in [-0.25, -0.2) is 9.88 Å². The molecule has 6 heteroatoms. The summed E-state index contributed by atoms with van der Waals surface area (Å²) in [6, 6.07) is 30.9. The van der Waals surface area contributed by atoms with Crippen molar-refractivity contribution >= 4 is 56.1 Å². The summed E-state index contributed by atoms with van der Waals surface area (Å²) in [5.74, 6) is 0.172. The number of benzene rings is 4. The molecule has 1 aliphatic rings. The standard InChI is InChI=1S/C33H24N4O2/c1-20-15-17-22(18-16-20)37-32(38)24-10-4-3-9-23(24)27(33(37)39)19-34-30-26-12-6-8-14-29(26)36-21(2)35-28-13-7-5-11-25(28)31(30)36/h3-19,34H,1-2H3/b27-19+. The number of fused-ring (bicyclic) bond motifs is 6. The second kappa shape index (κ2) is 8.67. The molecular weight excluding hydrogens is 484 g/mol. The van der Waals surface area contributed by atoms with Crippen LogP contribution in [0.5, 0.6) is 0 Å². The highest BCUT2D eigenvalue weighted by molar-refractivity contribution is 6.41. The molecule has 6 aromatic rings. The SMILES string of the molecule is Cc1ccc(N2C(=O)/C(=C/Nc3c4ccccc4n4c(C)nc5ccccc5c34)c3ccccc3C2=O)cc1. The quantitative estimate of drug-likeness (QED) is 0.209. The molecule has 2 aromatic heterocycles. The summed E-state index contributed by atoms with van der Waals surface area (Å²) in [6.07, 6.45) is 1.74. The van der Waals surface area contributed by atoms with Gasteiger partial charge in [0.25, 0.3) is 11.8 Å². The number of para-hydroxylation sites is 2. The minimum absolute atomic E-state index is 0.330. The van der Waals surface area contributed by atoms with Crippen molar-refractivity contribution in [1.29, 1.82) is 0 Å². The third-order valence-electron chi connectivity index (χ3n) is 7.38. The van der Waals surface area contributed by atoms with Gasteiger partial charge in [0.05, 0.1) is 33.5 Å². The van der Waals surface area contributed by atoms with Crippen LogP contribution < -0.4 is 10.2 Å². The van der Waals surface area contributed by atoms with E-state index in [2.05, 4.69) is 27.9 Å². The normalized spacial score (nSPS) is 14.5. The Morgan fingerprint density at radius 3 is 2.18 bits per heavy atom. The molecule has 7 rings (SSSR count). The number of imide groups is 1. The first-order valence-corrected chi connectivity index (χ1v) is 12.8. The molecule has 0 spiro atoms. The number of nitrogens with one attached hydrogen (secondary N) is 1. The number of carbonyl (C=O) groups excluding carboxylic acids is 2. The second-order valence-corrected chi connectivity index (χ2v) is 9.78. The molecule has 0 fully saturated rings. The highest BCUT2D eigenvalue weighted by Crippen LogP contribution is 2.38. The first-order chi connectivity index (χ1) is 19.0. The van der Waals surface area contributed by atoms with Crippen LogP contribution in [0.3, 0.4) is 0 Å². The predicted molar refractivity (Wildman–Crippen MR) is 156 cm³/mol. The van der Waals surface area contributed by atoms with Gasteiger partial charge in [0.2, 0.25) is 0 Å². The summed E-state index contributed by atoms with van der Waals surface area (Å²) in [6.45, 7) is 3.97. The van der Waals surface area contributed by atoms with E-state index in [1.165, 1.54) is 4.90 Å². The molecule has 3 heterocycles. The van der Waals surface area contributed by atoms with Gasteiger partial charge in [0.1, 0.15) is 5.82 Å². The molecule has 0 aliphatic carbocycles. The predicted octanol–water partition coefficient (Wildman–Crippen LogP) is 6.90. The van der Waals surface area contributed by atoms with E-state index in [1.54, 1.807) is 24.4 Å². The summed E-state index contributed by atoms with van der Waals surface area (Å²) in [5, 5.41) is 5.52. The molecule has 0 unspecified atom stereocenters. The van der Waals surface area contributed by atoms with Crippen LogP contribution in [0.15, 0.2) is 103 Å². The number of hydrogen-bond acceptors (Lipinski definition) is 4. The molecule has 0 radical (unpaired) electrons. The minimum Gasteiger partial charge on any atom is -0.359 e. The van der Waals surface area contributed by atoms with Crippen LogP contribution in [0.4, 0.5) is 11.4 Å². The summed E-state index contributed by atoms with van der Waals surface area (Å²) in [7, 11) is 0. The molecule has 0 saturated heterocycles. The number of aryl methyl sites for hydroxylation is 2. The number of aromatic nitrogens is 2. The zero-order chi connectivity index (χ0) is 26.7. The maximum Gasteiger partial charge on any atom is 0.267 e. The van der Waals surface area contributed by atoms with E-state index in [0.717, 1.165) is 44.4 Å². The van der Waals surface area contributed by atoms with E-state index in [-0.39, 0.29) is 11.8 Å². The van der Waals surface area contributed by atoms with Crippen LogP contribution in [0.2, 0.25) is 0 Å². The van der Waals surface area contributed by atoms with Crippen LogP contribution >= 0.6 is 0 Å². The van der Waals surface area contributed by atoms with E-state index in [0.29, 0.717) is 22.4 Å². The summed E-state index contributed by atoms with van der Waals surface area (Å²) >= 11 is 0. The second-order valence-electron chi connectivity index (χ2n) is 9.78. The first-order valence-electron chi connectivity index (χ1n) is 12.8. The van der Waals surface area contributed by atoms with Crippen LogP contribution in [0.25, 0.3) is 32.9 Å². The topological polar surface area (TPSA) is 66.7 Å². The number of amides is 2. The van der Waals surface area contributed by atoms with Crippen LogP contribution in [0.1, 0.15) is 27.3 Å². The zero-order valence-corrected chi connectivity index (χ0v) is 21.5. The van der Waals surface area contributed by atoms with Crippen molar-refractivity contribution in [2.45, 2.75) is 13.8 Å². The fraction of sp³-hybridized carbons (Fsp3) is 0.0606. The Balaban J connectivity index is 1.45. The highest BCUT2D eigenvalue weighted by Gasteiger charge is 2.36. The zero-order valence-electron chi connectivity index (χ0n) is 21.5. The molecule has 6 nitrogen and oxygen atoms in total. The lowest BCUT2D eigenvalue weighted by Crippen LogP contribution is -2.42. The van der Waals surface area contributed by atoms with Crippen molar-refractivity contribution in [1.82, 2.24) is 9.38 Å². The number of carbonyl (C=O) groups is 2. The average molecular weight is 509 g/mol. The largest absolute Gasteiger partial charge is 0.359 e. The fourth-order valence-electron chi connectivity index (χ4n) is 5.54. The van der Waals surface area contributed by atoms with Gasteiger partial charge in [-0.2, -0.15) is 0 Å². The van der Waals surface area contributed by atoms with Crippen LogP contribution in [-0.2, 0) is 4.79 Å². The van der Waals surface area contributed by atoms with Gasteiger partial charge >= 0.3 is 0 Å². The molecule has 39 heavy (non-hydrogen) atoms. The number of rotatable bonds is 3. The van der Waals surface area contributed by atoms with Crippen molar-refractivity contribution in [3.63, 3.8) is 0 Å². The maximum atomic E-state index is 13.9. The van der Waals surface area contributed by atoms with Gasteiger partial charge in [0, 0.05) is 28.1 Å². The van der Waals surface area contributed by atoms with Gasteiger partial charge in [-0.3, -0.25) is 14.0 Å². The molecular formula is C33H24N4O2. The Labute approximate surface area is 224 Å². The molecule has 0 bridgehead atoms. The van der Waals surface area contributed by atoms with Crippen molar-refractivity contribution in [3.8, 4) is 0 Å².